The second-order valence-corrected chi connectivity index (χ2v) is 2.71. The minimum atomic E-state index is -1.38. The first-order valence-corrected chi connectivity index (χ1v) is 3.47. The van der Waals surface area contributed by atoms with Gasteiger partial charge in [-0.3, -0.25) is 0 Å². The molecule has 1 aliphatic rings. The molecule has 0 aliphatic carbocycles. The molecule has 0 aromatic rings. The van der Waals surface area contributed by atoms with E-state index in [1.165, 1.54) is 0 Å². The van der Waals surface area contributed by atoms with E-state index in [1.807, 2.05) is 0 Å². The van der Waals surface area contributed by atoms with Crippen LogP contribution in [0.3, 0.4) is 0 Å². The normalized spacial score (nSPS) is 28.9. The molecule has 3 N–H and O–H groups in total. The van der Waals surface area contributed by atoms with E-state index in [2.05, 4.69) is 0 Å². The number of carbonyl (C=O) groups excluding carboxylic acids is 2. The van der Waals surface area contributed by atoms with Crippen LogP contribution >= 0.6 is 0 Å². The van der Waals surface area contributed by atoms with Crippen molar-refractivity contribution < 1.29 is 19.8 Å². The molecule has 1 heterocycles. The first-order valence-electron chi connectivity index (χ1n) is 3.47. The molecular weight excluding hydrogens is 164 g/mol. The molecule has 2 amide bonds. The van der Waals surface area contributed by atoms with Crippen LogP contribution in [0.25, 0.3) is 0 Å². The van der Waals surface area contributed by atoms with Crippen molar-refractivity contribution in [2.45, 2.75) is 18.6 Å². The predicted octanol–water partition coefficient (Wildman–Crippen LogP) is -2.75. The Labute approximate surface area is 68.6 Å². The van der Waals surface area contributed by atoms with Gasteiger partial charge in [0.15, 0.2) is 0 Å². The molecule has 0 bridgehead atoms. The fourth-order valence-electron chi connectivity index (χ4n) is 1.28. The molecule has 0 aromatic carbocycles. The van der Waals surface area contributed by atoms with E-state index in [9.17, 15) is 14.7 Å². The maximum Gasteiger partial charge on any atom is 0.315 e. The first-order chi connectivity index (χ1) is 5.52. The highest BCUT2D eigenvalue weighted by Crippen LogP contribution is 2.16. The second kappa shape index (κ2) is 2.98. The van der Waals surface area contributed by atoms with Crippen LogP contribution < -0.4 is 10.8 Å². The fraction of sp³-hybridized carbons (Fsp3) is 0.667. The van der Waals surface area contributed by atoms with Crippen LogP contribution in [0.15, 0.2) is 0 Å². The van der Waals surface area contributed by atoms with Crippen LogP contribution in [-0.2, 0) is 4.79 Å². The van der Waals surface area contributed by atoms with E-state index >= 15 is 0 Å². The smallest absolute Gasteiger partial charge is 0.315 e. The lowest BCUT2D eigenvalue weighted by molar-refractivity contribution is -0.310. The molecule has 12 heavy (non-hydrogen) atoms. The van der Waals surface area contributed by atoms with E-state index in [0.29, 0.717) is 0 Å². The molecule has 0 aromatic heterocycles. The number of carboxylic acids is 1. The number of hydrogen-bond donors (Lipinski definition) is 2. The van der Waals surface area contributed by atoms with Crippen LogP contribution in [-0.4, -0.2) is 40.7 Å². The number of likely N-dealkylation sites (tertiary alicyclic amines) is 1. The SMILES string of the molecule is NC(=O)N1C[C@@H](O)C[C@@H]1C(=O)[O-]. The highest BCUT2D eigenvalue weighted by molar-refractivity contribution is 5.81. The number of primary amides is 1. The number of β-amino-alcohol motifs (C(OH)–C–C–N with tert-alkyl or cyclic N) is 1. The third kappa shape index (κ3) is 1.48. The lowest BCUT2D eigenvalue weighted by Crippen LogP contribution is -2.48. The molecule has 1 fully saturated rings. The van der Waals surface area contributed by atoms with E-state index in [-0.39, 0.29) is 13.0 Å². The molecule has 0 spiro atoms. The van der Waals surface area contributed by atoms with Crippen LogP contribution in [0, 0.1) is 0 Å². The molecule has 0 unspecified atom stereocenters. The number of rotatable bonds is 1. The summed E-state index contributed by atoms with van der Waals surface area (Å²) in [5, 5.41) is 19.4. The van der Waals surface area contributed by atoms with Gasteiger partial charge < -0.3 is 25.6 Å². The highest BCUT2D eigenvalue weighted by Gasteiger charge is 2.33. The lowest BCUT2D eigenvalue weighted by atomic mass is 10.2. The maximum absolute atomic E-state index is 10.6. The molecule has 0 radical (unpaired) electrons. The monoisotopic (exact) mass is 173 g/mol. The molecule has 68 valence electrons. The summed E-state index contributed by atoms with van der Waals surface area (Å²) in [6, 6.07) is -1.93. The summed E-state index contributed by atoms with van der Waals surface area (Å²) in [5.41, 5.74) is 4.87. The minimum absolute atomic E-state index is 0.00866. The summed E-state index contributed by atoms with van der Waals surface area (Å²) in [6.07, 6.45) is -0.828. The fourth-order valence-corrected chi connectivity index (χ4v) is 1.28. The lowest BCUT2D eigenvalue weighted by Gasteiger charge is -2.22. The van der Waals surface area contributed by atoms with Crippen molar-refractivity contribution in [2.24, 2.45) is 5.73 Å². The molecule has 2 atom stereocenters. The molecule has 1 aliphatic heterocycles. The number of carbonyl (C=O) groups is 2. The number of nitrogens with two attached hydrogens (primary N) is 1. The maximum atomic E-state index is 10.6. The van der Waals surface area contributed by atoms with E-state index in [0.717, 1.165) is 4.90 Å². The number of nitrogens with zero attached hydrogens (tertiary/aromatic N) is 1. The second-order valence-electron chi connectivity index (χ2n) is 2.71. The van der Waals surface area contributed by atoms with Gasteiger partial charge in [0.1, 0.15) is 0 Å². The third-order valence-corrected chi connectivity index (χ3v) is 1.83. The van der Waals surface area contributed by atoms with Crippen molar-refractivity contribution in [3.05, 3.63) is 0 Å². The van der Waals surface area contributed by atoms with Crippen LogP contribution in [0.2, 0.25) is 0 Å². The van der Waals surface area contributed by atoms with E-state index < -0.39 is 24.1 Å². The summed E-state index contributed by atoms with van der Waals surface area (Å²) >= 11 is 0. The largest absolute Gasteiger partial charge is 0.548 e. The summed E-state index contributed by atoms with van der Waals surface area (Å²) in [4.78, 5) is 21.9. The van der Waals surface area contributed by atoms with Crippen LogP contribution in [0.1, 0.15) is 6.42 Å². The number of urea groups is 1. The van der Waals surface area contributed by atoms with Crippen molar-refractivity contribution >= 4 is 12.0 Å². The number of carboxylic acid groups (broad SMARTS) is 1. The summed E-state index contributed by atoms with van der Waals surface area (Å²) in [7, 11) is 0. The average Bonchev–Trinajstić information content (AvgIpc) is 2.31. The molecule has 1 rings (SSSR count). The van der Waals surface area contributed by atoms with Crippen molar-refractivity contribution in [2.75, 3.05) is 6.54 Å². The number of hydrogen-bond acceptors (Lipinski definition) is 4. The van der Waals surface area contributed by atoms with Gasteiger partial charge in [-0.15, -0.1) is 0 Å². The number of aliphatic hydroxyl groups excluding tert-OH is 1. The van der Waals surface area contributed by atoms with Gasteiger partial charge in [-0.2, -0.15) is 0 Å². The van der Waals surface area contributed by atoms with Crippen molar-refractivity contribution in [1.82, 2.24) is 4.90 Å². The zero-order chi connectivity index (χ0) is 9.30. The van der Waals surface area contributed by atoms with Gasteiger partial charge in [0.05, 0.1) is 18.1 Å². The number of amides is 2. The van der Waals surface area contributed by atoms with E-state index in [1.54, 1.807) is 0 Å². The topological polar surface area (TPSA) is 107 Å². The van der Waals surface area contributed by atoms with Gasteiger partial charge in [-0.25, -0.2) is 4.79 Å². The van der Waals surface area contributed by atoms with Gasteiger partial charge in [0, 0.05) is 13.0 Å². The van der Waals surface area contributed by atoms with Gasteiger partial charge in [0.25, 0.3) is 0 Å². The third-order valence-electron chi connectivity index (χ3n) is 1.83. The Morgan fingerprint density at radius 3 is 2.50 bits per heavy atom. The van der Waals surface area contributed by atoms with Gasteiger partial charge in [0.2, 0.25) is 0 Å². The Balaban J connectivity index is 2.72. The Morgan fingerprint density at radius 1 is 1.58 bits per heavy atom. The van der Waals surface area contributed by atoms with Gasteiger partial charge >= 0.3 is 6.03 Å². The zero-order valence-electron chi connectivity index (χ0n) is 6.27. The Hall–Kier alpha value is -1.30. The first kappa shape index (κ1) is 8.79. The van der Waals surface area contributed by atoms with Crippen LogP contribution in [0.5, 0.6) is 0 Å². The predicted molar refractivity (Wildman–Crippen MR) is 35.7 cm³/mol. The quantitative estimate of drug-likeness (QED) is 0.448. The minimum Gasteiger partial charge on any atom is -0.548 e. The Morgan fingerprint density at radius 2 is 2.17 bits per heavy atom. The Kier molecular flexibility index (Phi) is 2.18. The molecular formula is C6H9N2O4-. The van der Waals surface area contributed by atoms with Gasteiger partial charge in [-0.05, 0) is 0 Å². The standard InChI is InChI=1S/C6H10N2O4/c7-6(12)8-2-3(9)1-4(8)5(10)11/h3-4,9H,1-2H2,(H2,7,12)(H,10,11)/p-1/t3-,4+/m0/s1. The zero-order valence-corrected chi connectivity index (χ0v) is 6.27. The van der Waals surface area contributed by atoms with Crippen molar-refractivity contribution in [3.8, 4) is 0 Å². The molecule has 1 saturated heterocycles. The van der Waals surface area contributed by atoms with E-state index in [4.69, 9.17) is 10.8 Å². The number of aliphatic hydroxyl groups is 1. The molecule has 6 nitrogen and oxygen atoms in total. The Bertz CT molecular complexity index is 196. The highest BCUT2D eigenvalue weighted by atomic mass is 16.4. The summed E-state index contributed by atoms with van der Waals surface area (Å²) in [5.74, 6) is -1.38. The number of aliphatic carboxylic acids is 1. The molecule has 6 heteroatoms. The van der Waals surface area contributed by atoms with Gasteiger partial charge in [-0.1, -0.05) is 0 Å². The average molecular weight is 173 g/mol. The molecule has 0 saturated carbocycles. The van der Waals surface area contributed by atoms with Crippen molar-refractivity contribution in [1.29, 1.82) is 0 Å². The van der Waals surface area contributed by atoms with Crippen molar-refractivity contribution in [3.63, 3.8) is 0 Å². The summed E-state index contributed by atoms with van der Waals surface area (Å²) in [6.45, 7) is -0.0337. The summed E-state index contributed by atoms with van der Waals surface area (Å²) < 4.78 is 0. The van der Waals surface area contributed by atoms with Crippen LogP contribution in [0.4, 0.5) is 4.79 Å².